The fraction of sp³-hybridized carbons (Fsp3) is 0.0484. The average Bonchev–Trinajstić information content (AvgIpc) is 1.63. The van der Waals surface area contributed by atoms with Crippen molar-refractivity contribution in [3.8, 4) is 33.9 Å². The van der Waals surface area contributed by atoms with Gasteiger partial charge in [-0.2, -0.15) is 10.2 Å². The minimum absolute atomic E-state index is 0. The van der Waals surface area contributed by atoms with Crippen LogP contribution in [0.2, 0.25) is 5.15 Å². The van der Waals surface area contributed by atoms with Gasteiger partial charge in [0, 0.05) is 59.3 Å². The van der Waals surface area contributed by atoms with Crippen molar-refractivity contribution in [2.75, 3.05) is 10.6 Å². The number of aromatic nitrogens is 6. The van der Waals surface area contributed by atoms with Crippen LogP contribution in [0, 0.1) is 0 Å². The summed E-state index contributed by atoms with van der Waals surface area (Å²) in [5.41, 5.74) is 5.21. The van der Waals surface area contributed by atoms with Crippen molar-refractivity contribution in [1.82, 2.24) is 30.4 Å². The number of fused-ring (bicyclic) bond motifs is 2. The zero-order chi connectivity index (χ0) is 98.9. The Kier molecular flexibility index (Phi) is 36.7. The monoisotopic (exact) mass is 2080 g/mol. The molecule has 0 unspecified atom stereocenters. The Labute approximate surface area is 870 Å². The molecule has 5 heterocycles. The topological polar surface area (TPSA) is 186 Å². The summed E-state index contributed by atoms with van der Waals surface area (Å²) in [5, 5.41) is 38.9. The first-order valence-electron chi connectivity index (χ1n) is 47.2. The van der Waals surface area contributed by atoms with E-state index in [-0.39, 0.29) is 49.9 Å². The molecule has 18 aromatic carbocycles. The van der Waals surface area contributed by atoms with E-state index in [9.17, 15) is 9.59 Å². The van der Waals surface area contributed by atoms with E-state index in [0.717, 1.165) is 50.4 Å². The number of H-pyrrole nitrogens is 2. The maximum absolute atomic E-state index is 12.0. The van der Waals surface area contributed by atoms with Gasteiger partial charge in [0.2, 0.25) is 0 Å². The second-order valence-corrected chi connectivity index (χ2v) is 43.3. The summed E-state index contributed by atoms with van der Waals surface area (Å²) in [6, 6.07) is 180. The van der Waals surface area contributed by atoms with Crippen LogP contribution >= 0.6 is 43.3 Å². The van der Waals surface area contributed by atoms with Crippen molar-refractivity contribution in [2.24, 2.45) is 0 Å². The number of hydrogen-bond acceptors (Lipinski definition) is 12. The molecule has 0 atom stereocenters. The van der Waals surface area contributed by atoms with Crippen LogP contribution < -0.4 is 90.9 Å². The number of benzene rings is 18. The molecular weight excluding hydrogens is 1970 g/mol. The standard InChI is InChI=1S/C23H16N4O2.C21H23BN2O3.4C18H15P.C8H5ClN2O.Pd/c28-22-19-9-5-4-8-18(19)21(26-27-22)16-10-12-17(13-11-16)25-23-24-14-20(29-23)15-6-2-1-3-7-15;1-20(2)21(3,4)27-22(26-20)16-10-12-17(13-11-16)24-19-23-14-18(25-19)15-8-6-5-7-9-15;4*1-4-10-16(11-5-1)19(17-12-6-2-7-13-17)18-14-8-3-9-15-18;9-7-5-3-1-2-4-6(5)8(12)11-10-7;/h1-14H,(H,24,25)(H,27,28);5-14H,1-4H3,(H,23,24);4*1-15H;1-4H,(H,11,12);. The second-order valence-electron chi connectivity index (χ2n) is 34.0. The molecule has 14 nitrogen and oxygen atoms in total. The summed E-state index contributed by atoms with van der Waals surface area (Å²) in [4.78, 5) is 31.7. The molecule has 21 heteroatoms. The molecule has 23 rings (SSSR count). The third kappa shape index (κ3) is 27.7. The van der Waals surface area contributed by atoms with E-state index in [1.165, 1.54) is 63.7 Å². The molecule has 1 saturated heterocycles. The van der Waals surface area contributed by atoms with E-state index < -0.39 is 31.7 Å². The first kappa shape index (κ1) is 103. The number of halogens is 1. The van der Waals surface area contributed by atoms with Crippen LogP contribution in [0.4, 0.5) is 23.4 Å². The molecule has 0 amide bonds. The Morgan fingerprint density at radius 3 is 0.745 bits per heavy atom. The largest absolute Gasteiger partial charge is 0.494 e. The molecule has 22 aromatic rings. The Hall–Kier alpha value is -15.1. The second kappa shape index (κ2) is 51.7. The minimum Gasteiger partial charge on any atom is -0.423 e. The number of nitrogens with zero attached hydrogens (tertiary/aromatic N) is 4. The molecule has 0 radical (unpaired) electrons. The first-order valence-corrected chi connectivity index (χ1v) is 53.0. The summed E-state index contributed by atoms with van der Waals surface area (Å²) >= 11 is 5.75. The van der Waals surface area contributed by atoms with Crippen LogP contribution in [0.5, 0.6) is 0 Å². The van der Waals surface area contributed by atoms with Gasteiger partial charge in [0.25, 0.3) is 23.1 Å². The molecule has 1 fully saturated rings. The molecule has 0 bridgehead atoms. The van der Waals surface area contributed by atoms with E-state index >= 15 is 0 Å². The van der Waals surface area contributed by atoms with Gasteiger partial charge in [-0.05, 0) is 165 Å². The van der Waals surface area contributed by atoms with E-state index in [4.69, 9.17) is 29.7 Å². The van der Waals surface area contributed by atoms with Gasteiger partial charge in [0.1, 0.15) is 0 Å². The summed E-state index contributed by atoms with van der Waals surface area (Å²) in [7, 11) is -2.15. The molecule has 716 valence electrons. The normalized spacial score (nSPS) is 11.9. The van der Waals surface area contributed by atoms with Crippen molar-refractivity contribution in [3.05, 3.63) is 560 Å². The van der Waals surface area contributed by atoms with Gasteiger partial charge in [0.15, 0.2) is 16.7 Å². The van der Waals surface area contributed by atoms with Crippen LogP contribution in [0.1, 0.15) is 27.7 Å². The van der Waals surface area contributed by atoms with Gasteiger partial charge in [-0.15, -0.1) is 0 Å². The summed E-state index contributed by atoms with van der Waals surface area (Å²) in [5.74, 6) is 1.43. The molecule has 145 heavy (non-hydrogen) atoms. The fourth-order valence-electron chi connectivity index (χ4n) is 15.9. The fourth-order valence-corrected chi connectivity index (χ4v) is 25.4. The van der Waals surface area contributed by atoms with Gasteiger partial charge in [-0.25, -0.2) is 20.2 Å². The Morgan fingerprint density at radius 2 is 0.483 bits per heavy atom. The van der Waals surface area contributed by atoms with E-state index in [2.05, 4.69) is 433 Å². The van der Waals surface area contributed by atoms with Gasteiger partial charge in [0.05, 0.1) is 40.1 Å². The molecular formula is C124H104BClN8O6P4Pd. The van der Waals surface area contributed by atoms with Crippen molar-refractivity contribution >= 4 is 164 Å². The van der Waals surface area contributed by atoms with Gasteiger partial charge in [-0.3, -0.25) is 9.59 Å². The van der Waals surface area contributed by atoms with E-state index in [0.29, 0.717) is 39.1 Å². The average molecular weight is 2080 g/mol. The predicted octanol–water partition coefficient (Wildman–Crippen LogP) is 24.7. The molecule has 4 aromatic heterocycles. The molecule has 1 aliphatic heterocycles. The minimum atomic E-state index is -0.446. The number of hydrogen-bond donors (Lipinski definition) is 4. The third-order valence-electron chi connectivity index (χ3n) is 23.7. The number of rotatable bonds is 20. The van der Waals surface area contributed by atoms with Crippen LogP contribution in [0.3, 0.4) is 0 Å². The molecule has 0 aliphatic carbocycles. The number of aromatic amines is 2. The quantitative estimate of drug-likeness (QED) is 0.0419. The Morgan fingerprint density at radius 1 is 0.262 bits per heavy atom. The maximum atomic E-state index is 12.0. The van der Waals surface area contributed by atoms with Crippen molar-refractivity contribution in [3.63, 3.8) is 0 Å². The molecule has 0 spiro atoms. The number of nitrogens with one attached hydrogen (secondary N) is 4. The van der Waals surface area contributed by atoms with Crippen LogP contribution in [-0.4, -0.2) is 48.7 Å². The van der Waals surface area contributed by atoms with Crippen molar-refractivity contribution < 1.29 is 38.6 Å². The molecule has 0 saturated carbocycles. The predicted molar refractivity (Wildman–Crippen MR) is 608 cm³/mol. The maximum Gasteiger partial charge on any atom is 0.494 e. The van der Waals surface area contributed by atoms with E-state index in [1.807, 2.05) is 133 Å². The third-order valence-corrected chi connectivity index (χ3v) is 33.8. The first-order chi connectivity index (χ1) is 70.7. The molecule has 4 N–H and O–H groups in total. The van der Waals surface area contributed by atoms with Gasteiger partial charge in [-0.1, -0.05) is 497 Å². The zero-order valence-corrected chi connectivity index (χ0v) is 86.0. The van der Waals surface area contributed by atoms with Crippen LogP contribution in [0.25, 0.3) is 55.4 Å². The van der Waals surface area contributed by atoms with Gasteiger partial charge >= 0.3 is 7.12 Å². The summed E-state index contributed by atoms with van der Waals surface area (Å²) < 4.78 is 23.7. The van der Waals surface area contributed by atoms with Crippen molar-refractivity contribution in [2.45, 2.75) is 38.9 Å². The Balaban J connectivity index is 0.000000123. The smallest absolute Gasteiger partial charge is 0.423 e. The number of anilines is 4. The van der Waals surface area contributed by atoms with Crippen molar-refractivity contribution in [1.29, 1.82) is 0 Å². The van der Waals surface area contributed by atoms with Gasteiger partial charge < -0.3 is 28.8 Å². The van der Waals surface area contributed by atoms with E-state index in [1.54, 1.807) is 36.7 Å². The molecule has 1 aliphatic rings. The summed E-state index contributed by atoms with van der Waals surface area (Å²) in [6.07, 6.45) is 3.42. The number of oxazole rings is 2. The van der Waals surface area contributed by atoms with Crippen LogP contribution in [-0.2, 0) is 29.7 Å². The van der Waals surface area contributed by atoms with Crippen LogP contribution in [0.15, 0.2) is 553 Å². The summed E-state index contributed by atoms with van der Waals surface area (Å²) in [6.45, 7) is 8.21. The Bertz CT molecular complexity index is 6950. The SMILES string of the molecule is CC1(C)OB(c2ccc(Nc3ncc(-c4ccccc4)o3)cc2)OC1(C)C.O=c1[nH]nc(-c2ccc(Nc3ncc(-c4ccccc4)o3)cc2)c2ccccc12.O=c1[nH]nc(Cl)c2ccccc12.[Pd].c1ccc(P(c2ccccc2)c2ccccc2)cc1.c1ccc(P(c2ccccc2)c2ccccc2)cc1.c1ccc(P(c2ccccc2)c2ccccc2)cc1.c1ccc(P(c2ccccc2)c2ccccc2)cc1. The zero-order valence-electron chi connectivity index (χ0n) is 80.1.